The summed E-state index contributed by atoms with van der Waals surface area (Å²) < 4.78 is 9.85. The molecule has 0 radical (unpaired) electrons. The first-order chi connectivity index (χ1) is 17.2. The number of phenolic OH excluding ortho intramolecular Hbond substituents is 1. The Balaban J connectivity index is 1.81. The van der Waals surface area contributed by atoms with Gasteiger partial charge in [-0.15, -0.1) is 0 Å². The lowest BCUT2D eigenvalue weighted by Gasteiger charge is -2.25. The molecule has 1 aliphatic rings. The van der Waals surface area contributed by atoms with E-state index >= 15 is 0 Å². The van der Waals surface area contributed by atoms with Crippen molar-refractivity contribution < 1.29 is 34.1 Å². The quantitative estimate of drug-likeness (QED) is 0.219. The molecular formula is C27H22ClNO7. The van der Waals surface area contributed by atoms with Crippen molar-refractivity contribution in [2.24, 2.45) is 0 Å². The number of aromatic hydroxyl groups is 1. The Morgan fingerprint density at radius 3 is 2.31 bits per heavy atom. The van der Waals surface area contributed by atoms with E-state index in [2.05, 4.69) is 0 Å². The third kappa shape index (κ3) is 4.63. The number of rotatable bonds is 6. The summed E-state index contributed by atoms with van der Waals surface area (Å²) in [7, 11) is 2.73. The number of ether oxygens (including phenoxy) is 2. The maximum absolute atomic E-state index is 13.2. The van der Waals surface area contributed by atoms with Crippen molar-refractivity contribution in [3.05, 3.63) is 99.6 Å². The zero-order valence-electron chi connectivity index (χ0n) is 19.4. The monoisotopic (exact) mass is 507 g/mol. The van der Waals surface area contributed by atoms with Crippen molar-refractivity contribution in [3.8, 4) is 11.5 Å². The zero-order valence-corrected chi connectivity index (χ0v) is 20.2. The van der Waals surface area contributed by atoms with Crippen molar-refractivity contribution >= 4 is 35.0 Å². The van der Waals surface area contributed by atoms with Crippen LogP contribution in [0.3, 0.4) is 0 Å². The molecule has 0 spiro atoms. The number of methoxy groups -OCH3 is 2. The van der Waals surface area contributed by atoms with Gasteiger partial charge >= 0.3 is 5.97 Å². The number of halogens is 1. The molecule has 0 aromatic heterocycles. The number of esters is 1. The van der Waals surface area contributed by atoms with E-state index in [1.54, 1.807) is 42.5 Å². The second-order valence-electron chi connectivity index (χ2n) is 8.06. The number of ketones is 1. The van der Waals surface area contributed by atoms with E-state index in [0.29, 0.717) is 22.4 Å². The van der Waals surface area contributed by atoms with E-state index in [0.717, 1.165) is 0 Å². The Hall–Kier alpha value is -4.30. The Labute approximate surface area is 211 Å². The maximum Gasteiger partial charge on any atom is 0.337 e. The van der Waals surface area contributed by atoms with Gasteiger partial charge in [-0.3, -0.25) is 9.59 Å². The van der Waals surface area contributed by atoms with Gasteiger partial charge in [0.1, 0.15) is 17.3 Å². The summed E-state index contributed by atoms with van der Waals surface area (Å²) >= 11 is 6.21. The number of benzene rings is 3. The smallest absolute Gasteiger partial charge is 0.337 e. The molecule has 3 aromatic carbocycles. The van der Waals surface area contributed by atoms with E-state index in [-0.39, 0.29) is 28.5 Å². The van der Waals surface area contributed by atoms with Crippen LogP contribution in [0.1, 0.15) is 33.1 Å². The first-order valence-corrected chi connectivity index (χ1v) is 11.2. The Morgan fingerprint density at radius 1 is 1.00 bits per heavy atom. The Bertz CT molecular complexity index is 1380. The molecule has 184 valence electrons. The van der Waals surface area contributed by atoms with Crippen LogP contribution in [0.25, 0.3) is 5.76 Å². The highest BCUT2D eigenvalue weighted by atomic mass is 35.5. The summed E-state index contributed by atoms with van der Waals surface area (Å²) in [5.74, 6) is -2.28. The summed E-state index contributed by atoms with van der Waals surface area (Å²) in [6.45, 7) is 0.00645. The number of phenols is 1. The van der Waals surface area contributed by atoms with Crippen molar-refractivity contribution in [2.45, 2.75) is 12.6 Å². The minimum Gasteiger partial charge on any atom is -0.508 e. The van der Waals surface area contributed by atoms with E-state index < -0.39 is 29.5 Å². The van der Waals surface area contributed by atoms with E-state index in [1.807, 2.05) is 0 Å². The van der Waals surface area contributed by atoms with Gasteiger partial charge in [0.25, 0.3) is 11.7 Å². The fourth-order valence-corrected chi connectivity index (χ4v) is 4.37. The third-order valence-corrected chi connectivity index (χ3v) is 6.17. The van der Waals surface area contributed by atoms with Crippen LogP contribution < -0.4 is 4.74 Å². The lowest BCUT2D eigenvalue weighted by Crippen LogP contribution is -2.29. The number of aliphatic hydroxyl groups is 1. The topological polar surface area (TPSA) is 113 Å². The number of carbonyl (C=O) groups is 3. The molecule has 2 N–H and O–H groups in total. The van der Waals surface area contributed by atoms with Gasteiger partial charge in [-0.25, -0.2) is 4.79 Å². The van der Waals surface area contributed by atoms with Crippen LogP contribution in [-0.2, 0) is 20.9 Å². The highest BCUT2D eigenvalue weighted by Crippen LogP contribution is 2.41. The number of aliphatic hydroxyl groups excluding tert-OH is 1. The van der Waals surface area contributed by atoms with Gasteiger partial charge in [0, 0.05) is 12.1 Å². The lowest BCUT2D eigenvalue weighted by atomic mass is 9.95. The predicted octanol–water partition coefficient (Wildman–Crippen LogP) is 4.46. The minimum absolute atomic E-state index is 0.00645. The van der Waals surface area contributed by atoms with Gasteiger partial charge in [-0.05, 0) is 53.6 Å². The molecule has 36 heavy (non-hydrogen) atoms. The molecule has 9 heteroatoms. The second-order valence-corrected chi connectivity index (χ2v) is 8.47. The maximum atomic E-state index is 13.2. The highest BCUT2D eigenvalue weighted by Gasteiger charge is 2.46. The molecule has 0 aliphatic carbocycles. The van der Waals surface area contributed by atoms with E-state index in [4.69, 9.17) is 21.1 Å². The molecule has 1 unspecified atom stereocenters. The molecule has 0 bridgehead atoms. The third-order valence-electron chi connectivity index (χ3n) is 5.88. The van der Waals surface area contributed by atoms with Gasteiger partial charge in [0.2, 0.25) is 0 Å². The van der Waals surface area contributed by atoms with Gasteiger partial charge in [0.15, 0.2) is 0 Å². The average molecular weight is 508 g/mol. The molecule has 1 saturated heterocycles. The molecule has 1 atom stereocenters. The normalized spacial score (nSPS) is 16.8. The van der Waals surface area contributed by atoms with Crippen LogP contribution in [-0.4, -0.2) is 47.0 Å². The van der Waals surface area contributed by atoms with Crippen molar-refractivity contribution in [1.82, 2.24) is 4.90 Å². The number of Topliss-reactive ketones (excluding diaryl/α,β-unsaturated/α-hetero) is 1. The molecule has 3 aromatic rings. The standard InChI is InChI=1S/C27H22ClNO7/c1-35-21-11-10-18(13-20(21)28)24(31)22-23(17-4-3-5-19(30)12-17)29(26(33)25(22)32)14-15-6-8-16(9-7-15)27(34)36-2/h3-13,23,30-31H,14H2,1-2H3/b24-22-. The summed E-state index contributed by atoms with van der Waals surface area (Å²) in [4.78, 5) is 39.4. The fourth-order valence-electron chi connectivity index (χ4n) is 4.11. The van der Waals surface area contributed by atoms with Crippen molar-refractivity contribution in [1.29, 1.82) is 0 Å². The summed E-state index contributed by atoms with van der Waals surface area (Å²) in [5.41, 5.74) is 1.50. The van der Waals surface area contributed by atoms with Crippen molar-refractivity contribution in [3.63, 3.8) is 0 Å². The zero-order chi connectivity index (χ0) is 26.0. The van der Waals surface area contributed by atoms with Crippen molar-refractivity contribution in [2.75, 3.05) is 14.2 Å². The number of amides is 1. The van der Waals surface area contributed by atoms with E-state index in [9.17, 15) is 24.6 Å². The molecule has 1 amide bonds. The number of hydrogen-bond donors (Lipinski definition) is 2. The Morgan fingerprint density at radius 2 is 1.69 bits per heavy atom. The molecule has 4 rings (SSSR count). The van der Waals surface area contributed by atoms with Crippen LogP contribution in [0.2, 0.25) is 5.02 Å². The van der Waals surface area contributed by atoms with Gasteiger partial charge in [-0.1, -0.05) is 35.9 Å². The number of likely N-dealkylation sites (tertiary alicyclic amines) is 1. The summed E-state index contributed by atoms with van der Waals surface area (Å²) in [5, 5.41) is 21.5. The van der Waals surface area contributed by atoms with Crippen LogP contribution in [0.5, 0.6) is 11.5 Å². The number of carbonyl (C=O) groups excluding carboxylic acids is 3. The first-order valence-electron chi connectivity index (χ1n) is 10.8. The van der Waals surface area contributed by atoms with Gasteiger partial charge in [-0.2, -0.15) is 0 Å². The van der Waals surface area contributed by atoms with Crippen LogP contribution in [0, 0.1) is 0 Å². The SMILES string of the molecule is COC(=O)c1ccc(CN2C(=O)C(=O)/C(=C(\O)c3ccc(OC)c(Cl)c3)C2c2cccc(O)c2)cc1. The van der Waals surface area contributed by atoms with Gasteiger partial charge < -0.3 is 24.6 Å². The Kier molecular flexibility index (Phi) is 6.98. The van der Waals surface area contributed by atoms with Crippen LogP contribution in [0.15, 0.2) is 72.3 Å². The lowest BCUT2D eigenvalue weighted by molar-refractivity contribution is -0.140. The number of hydrogen-bond acceptors (Lipinski definition) is 7. The predicted molar refractivity (Wildman–Crippen MR) is 132 cm³/mol. The molecule has 1 fully saturated rings. The summed E-state index contributed by atoms with van der Waals surface area (Å²) in [6.07, 6.45) is 0. The molecular weight excluding hydrogens is 486 g/mol. The second kappa shape index (κ2) is 10.1. The van der Waals surface area contributed by atoms with E-state index in [1.165, 1.54) is 43.4 Å². The molecule has 1 heterocycles. The molecule has 8 nitrogen and oxygen atoms in total. The fraction of sp³-hybridized carbons (Fsp3) is 0.148. The first kappa shape index (κ1) is 24.8. The molecule has 1 aliphatic heterocycles. The molecule has 0 saturated carbocycles. The van der Waals surface area contributed by atoms with Crippen LogP contribution >= 0.6 is 11.6 Å². The van der Waals surface area contributed by atoms with Gasteiger partial charge in [0.05, 0.1) is 36.4 Å². The minimum atomic E-state index is -0.988. The summed E-state index contributed by atoms with van der Waals surface area (Å²) in [6, 6.07) is 16.1. The highest BCUT2D eigenvalue weighted by molar-refractivity contribution is 6.46. The van der Waals surface area contributed by atoms with Crippen LogP contribution in [0.4, 0.5) is 0 Å². The average Bonchev–Trinajstić information content (AvgIpc) is 3.13. The largest absolute Gasteiger partial charge is 0.508 e. The number of nitrogens with zero attached hydrogens (tertiary/aromatic N) is 1.